The molecule has 0 aliphatic heterocycles. The van der Waals surface area contributed by atoms with Crippen LogP contribution in [0.2, 0.25) is 0 Å². The van der Waals surface area contributed by atoms with Crippen LogP contribution < -0.4 is 5.32 Å². The van der Waals surface area contributed by atoms with Gasteiger partial charge >= 0.3 is 0 Å². The third-order valence-electron chi connectivity index (χ3n) is 3.68. The number of carbonyl (C=O) groups excluding carboxylic acids is 1. The molecular weight excluding hydrogens is 324 g/mol. The minimum Gasteiger partial charge on any atom is -0.343 e. The molecule has 4 rings (SSSR count). The first-order valence-electron chi connectivity index (χ1n) is 7.37. The van der Waals surface area contributed by atoms with Crippen LogP contribution in [-0.2, 0) is 13.6 Å². The lowest BCUT2D eigenvalue weighted by Crippen LogP contribution is -2.26. The Morgan fingerprint density at radius 1 is 1.25 bits per heavy atom. The summed E-state index contributed by atoms with van der Waals surface area (Å²) in [5.41, 5.74) is 2.06. The fraction of sp³-hybridized carbons (Fsp3) is 0.125. The lowest BCUT2D eigenvalue weighted by atomic mass is 10.3. The normalized spacial score (nSPS) is 11.0. The molecule has 0 spiro atoms. The van der Waals surface area contributed by atoms with E-state index in [0.29, 0.717) is 18.1 Å². The van der Waals surface area contributed by atoms with Gasteiger partial charge in [0.25, 0.3) is 5.91 Å². The largest absolute Gasteiger partial charge is 0.343 e. The summed E-state index contributed by atoms with van der Waals surface area (Å²) in [6.45, 7) is 0.295. The molecule has 4 aromatic heterocycles. The SMILES string of the molecule is Cn1nc(-c2cccs2)cc1C(=O)NCc1nnc2ccccn12. The van der Waals surface area contributed by atoms with Crippen LogP contribution in [0, 0.1) is 0 Å². The van der Waals surface area contributed by atoms with Gasteiger partial charge in [-0.3, -0.25) is 13.9 Å². The Bertz CT molecular complexity index is 1000. The minimum atomic E-state index is -0.194. The van der Waals surface area contributed by atoms with Gasteiger partial charge in [0.1, 0.15) is 11.4 Å². The van der Waals surface area contributed by atoms with E-state index in [0.717, 1.165) is 16.2 Å². The minimum absolute atomic E-state index is 0.194. The number of thiophene rings is 1. The molecule has 0 bridgehead atoms. The van der Waals surface area contributed by atoms with Crippen molar-refractivity contribution in [1.29, 1.82) is 0 Å². The number of nitrogens with one attached hydrogen (secondary N) is 1. The lowest BCUT2D eigenvalue weighted by molar-refractivity contribution is 0.0940. The maximum Gasteiger partial charge on any atom is 0.269 e. The molecule has 24 heavy (non-hydrogen) atoms. The highest BCUT2D eigenvalue weighted by Crippen LogP contribution is 2.23. The Hall–Kier alpha value is -3.00. The average Bonchev–Trinajstić information content (AvgIpc) is 3.32. The second-order valence-corrected chi connectivity index (χ2v) is 6.19. The molecule has 0 saturated heterocycles. The maximum atomic E-state index is 12.5. The summed E-state index contributed by atoms with van der Waals surface area (Å²) < 4.78 is 3.44. The van der Waals surface area contributed by atoms with E-state index in [1.807, 2.05) is 46.3 Å². The van der Waals surface area contributed by atoms with Gasteiger partial charge < -0.3 is 5.32 Å². The van der Waals surface area contributed by atoms with E-state index in [-0.39, 0.29) is 5.91 Å². The molecule has 0 aliphatic carbocycles. The van der Waals surface area contributed by atoms with Gasteiger partial charge in [-0.2, -0.15) is 5.10 Å². The molecule has 0 radical (unpaired) electrons. The number of aryl methyl sites for hydroxylation is 1. The first-order chi connectivity index (χ1) is 11.7. The highest BCUT2D eigenvalue weighted by Gasteiger charge is 2.15. The summed E-state index contributed by atoms with van der Waals surface area (Å²) in [6, 6.07) is 11.4. The highest BCUT2D eigenvalue weighted by atomic mass is 32.1. The zero-order valence-corrected chi connectivity index (χ0v) is 13.7. The topological polar surface area (TPSA) is 77.1 Å². The Morgan fingerprint density at radius 2 is 2.17 bits per heavy atom. The first kappa shape index (κ1) is 14.6. The number of pyridine rings is 1. The number of rotatable bonds is 4. The van der Waals surface area contributed by atoms with Gasteiger partial charge in [0.15, 0.2) is 11.5 Å². The summed E-state index contributed by atoms with van der Waals surface area (Å²) >= 11 is 1.59. The highest BCUT2D eigenvalue weighted by molar-refractivity contribution is 7.13. The van der Waals surface area contributed by atoms with Gasteiger partial charge in [-0.05, 0) is 29.6 Å². The summed E-state index contributed by atoms with van der Waals surface area (Å²) in [5, 5.41) is 17.4. The van der Waals surface area contributed by atoms with Crippen LogP contribution >= 0.6 is 11.3 Å². The predicted octanol–water partition coefficient (Wildman–Crippen LogP) is 2.12. The summed E-state index contributed by atoms with van der Waals surface area (Å²) in [6.07, 6.45) is 1.87. The average molecular weight is 338 g/mol. The van der Waals surface area contributed by atoms with Crippen LogP contribution in [0.25, 0.3) is 16.2 Å². The van der Waals surface area contributed by atoms with E-state index in [1.165, 1.54) is 0 Å². The van der Waals surface area contributed by atoms with Gasteiger partial charge in [0.2, 0.25) is 0 Å². The maximum absolute atomic E-state index is 12.5. The number of carbonyl (C=O) groups is 1. The van der Waals surface area contributed by atoms with Crippen molar-refractivity contribution in [3.05, 3.63) is 59.5 Å². The molecule has 0 aliphatic rings. The van der Waals surface area contributed by atoms with Crippen LogP contribution in [0.4, 0.5) is 0 Å². The lowest BCUT2D eigenvalue weighted by Gasteiger charge is -2.04. The Labute approximate surface area is 141 Å². The smallest absolute Gasteiger partial charge is 0.269 e. The zero-order valence-electron chi connectivity index (χ0n) is 12.9. The van der Waals surface area contributed by atoms with Crippen molar-refractivity contribution in [2.24, 2.45) is 7.05 Å². The summed E-state index contributed by atoms with van der Waals surface area (Å²) in [4.78, 5) is 13.5. The van der Waals surface area contributed by atoms with Crippen LogP contribution in [0.1, 0.15) is 16.3 Å². The van der Waals surface area contributed by atoms with Crippen LogP contribution in [0.15, 0.2) is 48.0 Å². The zero-order chi connectivity index (χ0) is 16.5. The summed E-state index contributed by atoms with van der Waals surface area (Å²) in [5.74, 6) is 0.486. The number of hydrogen-bond acceptors (Lipinski definition) is 5. The number of amides is 1. The third-order valence-corrected chi connectivity index (χ3v) is 4.57. The van der Waals surface area contributed by atoms with Crippen molar-refractivity contribution in [2.75, 3.05) is 0 Å². The fourth-order valence-corrected chi connectivity index (χ4v) is 3.17. The van der Waals surface area contributed by atoms with Gasteiger partial charge in [-0.25, -0.2) is 0 Å². The van der Waals surface area contributed by atoms with Gasteiger partial charge in [-0.15, -0.1) is 21.5 Å². The third kappa shape index (κ3) is 2.56. The molecular formula is C16H14N6OS. The molecule has 7 nitrogen and oxygen atoms in total. The Morgan fingerprint density at radius 3 is 3.00 bits per heavy atom. The molecule has 8 heteroatoms. The number of aromatic nitrogens is 5. The van der Waals surface area contributed by atoms with Crippen molar-refractivity contribution >= 4 is 22.9 Å². The Balaban J connectivity index is 1.52. The Kier molecular flexibility index (Phi) is 3.58. The van der Waals surface area contributed by atoms with Crippen molar-refractivity contribution in [3.8, 4) is 10.6 Å². The van der Waals surface area contributed by atoms with E-state index < -0.39 is 0 Å². The molecule has 120 valence electrons. The molecule has 4 aromatic rings. The fourth-order valence-electron chi connectivity index (χ4n) is 2.49. The second kappa shape index (κ2) is 5.89. The molecule has 0 atom stereocenters. The molecule has 1 amide bonds. The van der Waals surface area contributed by atoms with E-state index in [2.05, 4.69) is 20.6 Å². The van der Waals surface area contributed by atoms with E-state index in [1.54, 1.807) is 29.1 Å². The van der Waals surface area contributed by atoms with Gasteiger partial charge in [-0.1, -0.05) is 12.1 Å². The summed E-state index contributed by atoms with van der Waals surface area (Å²) in [7, 11) is 1.76. The molecule has 4 heterocycles. The molecule has 0 aromatic carbocycles. The van der Waals surface area contributed by atoms with Crippen molar-refractivity contribution in [3.63, 3.8) is 0 Å². The molecule has 1 N–H and O–H groups in total. The molecule has 0 saturated carbocycles. The van der Waals surface area contributed by atoms with Crippen molar-refractivity contribution < 1.29 is 4.79 Å². The molecule has 0 unspecified atom stereocenters. The van der Waals surface area contributed by atoms with Crippen LogP contribution in [0.3, 0.4) is 0 Å². The second-order valence-electron chi connectivity index (χ2n) is 5.24. The monoisotopic (exact) mass is 338 g/mol. The van der Waals surface area contributed by atoms with E-state index >= 15 is 0 Å². The standard InChI is InChI=1S/C16H14N6OS/c1-21-12(9-11(20-21)13-5-4-8-24-13)16(23)17-10-15-19-18-14-6-2-3-7-22(14)15/h2-9H,10H2,1H3,(H,17,23). The number of fused-ring (bicyclic) bond motifs is 1. The first-order valence-corrected chi connectivity index (χ1v) is 8.25. The number of hydrogen-bond donors (Lipinski definition) is 1. The quantitative estimate of drug-likeness (QED) is 0.618. The molecule has 0 fully saturated rings. The predicted molar refractivity (Wildman–Crippen MR) is 90.7 cm³/mol. The van der Waals surface area contributed by atoms with E-state index in [9.17, 15) is 4.79 Å². The van der Waals surface area contributed by atoms with Crippen molar-refractivity contribution in [1.82, 2.24) is 29.7 Å². The van der Waals surface area contributed by atoms with Crippen molar-refractivity contribution in [2.45, 2.75) is 6.54 Å². The van der Waals surface area contributed by atoms with Gasteiger partial charge in [0, 0.05) is 13.2 Å². The van der Waals surface area contributed by atoms with Crippen LogP contribution in [0.5, 0.6) is 0 Å². The van der Waals surface area contributed by atoms with Crippen LogP contribution in [-0.4, -0.2) is 30.3 Å². The number of nitrogens with zero attached hydrogens (tertiary/aromatic N) is 5. The van der Waals surface area contributed by atoms with Gasteiger partial charge in [0.05, 0.1) is 11.4 Å². The van der Waals surface area contributed by atoms with E-state index in [4.69, 9.17) is 0 Å².